The molecule has 0 aromatic rings. The van der Waals surface area contributed by atoms with E-state index in [9.17, 15) is 14.4 Å². The fourth-order valence-corrected chi connectivity index (χ4v) is 10.4. The number of amides is 3. The molecule has 3 amide bonds. The maximum atomic E-state index is 13.3. The molecule has 7 nitrogen and oxygen atoms in total. The molecule has 9 saturated carbocycles. The number of rotatable bonds is 6. The first-order chi connectivity index (χ1) is 18.8. The van der Waals surface area contributed by atoms with Crippen molar-refractivity contribution >= 4 is 18.3 Å². The lowest BCUT2D eigenvalue weighted by Gasteiger charge is -2.60. The van der Waals surface area contributed by atoms with Crippen LogP contribution >= 0.6 is 0 Å². The minimum absolute atomic E-state index is 0.220. The van der Waals surface area contributed by atoms with Crippen LogP contribution in [-0.4, -0.2) is 43.0 Å². The summed E-state index contributed by atoms with van der Waals surface area (Å²) in [5.41, 5.74) is 0.778. The average molecular weight is 558 g/mol. The largest absolute Gasteiger partial charge is 0.448 e. The maximum absolute atomic E-state index is 13.3. The Balaban J connectivity index is 1.08. The van der Waals surface area contributed by atoms with E-state index in [2.05, 4.69) is 41.5 Å². The summed E-state index contributed by atoms with van der Waals surface area (Å²) < 4.78 is 17.0. The number of carbonyl (C=O) groups excluding carboxylic acids is 3. The molecule has 0 heterocycles. The van der Waals surface area contributed by atoms with Gasteiger partial charge in [-0.3, -0.25) is 0 Å². The standard InChI is InChI=1S/C33H51NO6/c1-31(2)22-10-7-19(25(31)13-22)16-38-28(35)34(29(36)39-17-20-8-11-23-14-26(20)32(23,3)4)30(37)40-18-21-9-12-24-15-27(21)33(24,5)6/h19-27H,7-18H2,1-6H3/t19-,20-,21-,22-,23-,24-,25-,26-,27-/m0/s1. The third-order valence-corrected chi connectivity index (χ3v) is 13.8. The maximum Gasteiger partial charge on any atom is 0.429 e. The zero-order chi connectivity index (χ0) is 28.6. The van der Waals surface area contributed by atoms with Crippen LogP contribution in [0.5, 0.6) is 0 Å². The van der Waals surface area contributed by atoms with Gasteiger partial charge >= 0.3 is 18.3 Å². The third-order valence-electron chi connectivity index (χ3n) is 13.8. The summed E-state index contributed by atoms with van der Waals surface area (Å²) in [5.74, 6) is 4.53. The van der Waals surface area contributed by atoms with Crippen molar-refractivity contribution in [1.82, 2.24) is 4.90 Å². The highest BCUT2D eigenvalue weighted by molar-refractivity contribution is 6.03. The molecule has 0 aromatic heterocycles. The topological polar surface area (TPSA) is 82.1 Å². The zero-order valence-electron chi connectivity index (χ0n) is 25.6. The molecule has 224 valence electrons. The summed E-state index contributed by atoms with van der Waals surface area (Å²) >= 11 is 0. The van der Waals surface area contributed by atoms with Gasteiger partial charge in [-0.15, -0.1) is 4.90 Å². The molecule has 9 rings (SSSR count). The van der Waals surface area contributed by atoms with Gasteiger partial charge in [-0.1, -0.05) is 41.5 Å². The van der Waals surface area contributed by atoms with Crippen molar-refractivity contribution < 1.29 is 28.6 Å². The quantitative estimate of drug-likeness (QED) is 0.309. The second-order valence-corrected chi connectivity index (χ2v) is 16.2. The highest BCUT2D eigenvalue weighted by atomic mass is 16.6. The Labute approximate surface area is 240 Å². The molecular formula is C33H51NO6. The van der Waals surface area contributed by atoms with Crippen molar-refractivity contribution in [2.45, 2.75) is 99.3 Å². The van der Waals surface area contributed by atoms with E-state index in [1.54, 1.807) is 0 Å². The lowest BCUT2D eigenvalue weighted by Crippen LogP contribution is -2.54. The summed E-state index contributed by atoms with van der Waals surface area (Å²) in [7, 11) is 0. The number of hydrogen-bond donors (Lipinski definition) is 0. The van der Waals surface area contributed by atoms with Crippen LogP contribution in [0.2, 0.25) is 0 Å². The first-order valence-corrected chi connectivity index (χ1v) is 16.1. The second kappa shape index (κ2) is 9.90. The molecule has 9 aliphatic carbocycles. The van der Waals surface area contributed by atoms with E-state index in [1.807, 2.05) is 0 Å². The minimum Gasteiger partial charge on any atom is -0.448 e. The molecule has 6 bridgehead atoms. The van der Waals surface area contributed by atoms with Crippen LogP contribution in [0.4, 0.5) is 14.4 Å². The molecule has 9 atom stereocenters. The normalized spacial score (nSPS) is 40.8. The van der Waals surface area contributed by atoms with Gasteiger partial charge in [0.05, 0.1) is 19.8 Å². The molecule has 0 N–H and O–H groups in total. The SMILES string of the molecule is CC1(C)[C@H]2CC[C@@H](COC(=O)N(C(=O)OC[C@@H]3CC[C@H]4C[C@@H]3C4(C)C)C(=O)OC[C@@H]3CC[C@H]4C[C@@H]3C4(C)C)[C@@H]1C2. The van der Waals surface area contributed by atoms with Crippen LogP contribution in [0.25, 0.3) is 0 Å². The van der Waals surface area contributed by atoms with Crippen LogP contribution in [0.1, 0.15) is 99.3 Å². The Morgan fingerprint density at radius 2 is 0.800 bits per heavy atom. The van der Waals surface area contributed by atoms with Gasteiger partial charge in [0.15, 0.2) is 0 Å². The fraction of sp³-hybridized carbons (Fsp3) is 0.909. The van der Waals surface area contributed by atoms with Gasteiger partial charge in [-0.2, -0.15) is 0 Å². The van der Waals surface area contributed by atoms with Crippen molar-refractivity contribution in [2.24, 2.45) is 69.5 Å². The summed E-state index contributed by atoms with van der Waals surface area (Å²) in [6.07, 6.45) is 7.07. The van der Waals surface area contributed by atoms with E-state index >= 15 is 0 Å². The van der Waals surface area contributed by atoms with Crippen LogP contribution in [0.15, 0.2) is 0 Å². The number of fused-ring (bicyclic) bond motifs is 6. The van der Waals surface area contributed by atoms with Crippen LogP contribution in [-0.2, 0) is 14.2 Å². The molecule has 0 aliphatic heterocycles. The molecule has 0 unspecified atom stereocenters. The first kappa shape index (κ1) is 28.3. The van der Waals surface area contributed by atoms with Crippen molar-refractivity contribution in [1.29, 1.82) is 0 Å². The predicted molar refractivity (Wildman–Crippen MR) is 150 cm³/mol. The molecule has 0 saturated heterocycles. The number of hydrogen-bond acceptors (Lipinski definition) is 6. The van der Waals surface area contributed by atoms with E-state index in [0.29, 0.717) is 22.7 Å². The van der Waals surface area contributed by atoms with Gasteiger partial charge in [0.1, 0.15) is 0 Å². The summed E-state index contributed by atoms with van der Waals surface area (Å²) in [5, 5.41) is 0. The highest BCUT2D eigenvalue weighted by Crippen LogP contribution is 2.63. The molecule has 0 aromatic carbocycles. The second-order valence-electron chi connectivity index (χ2n) is 16.2. The fourth-order valence-electron chi connectivity index (χ4n) is 10.4. The summed E-state index contributed by atoms with van der Waals surface area (Å²) in [6.45, 7) is 14.5. The smallest absolute Gasteiger partial charge is 0.429 e. The monoisotopic (exact) mass is 557 g/mol. The van der Waals surface area contributed by atoms with Crippen LogP contribution in [0, 0.1) is 69.5 Å². The third kappa shape index (κ3) is 4.47. The summed E-state index contributed by atoms with van der Waals surface area (Å²) in [6, 6.07) is 0. The minimum atomic E-state index is -0.963. The Morgan fingerprint density at radius 1 is 0.525 bits per heavy atom. The Hall–Kier alpha value is -1.79. The van der Waals surface area contributed by atoms with E-state index < -0.39 is 18.3 Å². The van der Waals surface area contributed by atoms with Crippen molar-refractivity contribution in [3.8, 4) is 0 Å². The van der Waals surface area contributed by atoms with Crippen molar-refractivity contribution in [3.63, 3.8) is 0 Å². The van der Waals surface area contributed by atoms with E-state index in [4.69, 9.17) is 14.2 Å². The Morgan fingerprint density at radius 3 is 1.02 bits per heavy atom. The van der Waals surface area contributed by atoms with Gasteiger partial charge in [0, 0.05) is 0 Å². The van der Waals surface area contributed by atoms with E-state index in [0.717, 1.165) is 56.3 Å². The molecule has 7 heteroatoms. The molecule has 9 aliphatic rings. The van der Waals surface area contributed by atoms with Crippen molar-refractivity contribution in [2.75, 3.05) is 19.8 Å². The van der Waals surface area contributed by atoms with Gasteiger partial charge < -0.3 is 14.2 Å². The molecular weight excluding hydrogens is 506 g/mol. The lowest BCUT2D eigenvalue weighted by atomic mass is 9.46. The molecule has 9 fully saturated rings. The van der Waals surface area contributed by atoms with Gasteiger partial charge in [0.2, 0.25) is 0 Å². The van der Waals surface area contributed by atoms with Crippen LogP contribution < -0.4 is 0 Å². The number of imide groups is 3. The number of carbonyl (C=O) groups is 3. The first-order valence-electron chi connectivity index (χ1n) is 16.1. The summed E-state index contributed by atoms with van der Waals surface area (Å²) in [4.78, 5) is 40.4. The number of nitrogens with zero attached hydrogens (tertiary/aromatic N) is 1. The Bertz CT molecular complexity index is 900. The van der Waals surface area contributed by atoms with E-state index in [-0.39, 0.29) is 53.8 Å². The Kier molecular flexibility index (Phi) is 7.01. The molecule has 40 heavy (non-hydrogen) atoms. The zero-order valence-corrected chi connectivity index (χ0v) is 25.6. The number of ether oxygens (including phenoxy) is 3. The average Bonchev–Trinajstić information content (AvgIpc) is 2.93. The lowest BCUT2D eigenvalue weighted by molar-refractivity contribution is -0.122. The van der Waals surface area contributed by atoms with E-state index in [1.165, 1.54) is 19.3 Å². The van der Waals surface area contributed by atoms with Gasteiger partial charge in [0.25, 0.3) is 0 Å². The van der Waals surface area contributed by atoms with Crippen LogP contribution in [0.3, 0.4) is 0 Å². The van der Waals surface area contributed by atoms with Gasteiger partial charge in [-0.25, -0.2) is 14.4 Å². The van der Waals surface area contributed by atoms with Crippen molar-refractivity contribution in [3.05, 3.63) is 0 Å². The highest BCUT2D eigenvalue weighted by Gasteiger charge is 2.56. The predicted octanol–water partition coefficient (Wildman–Crippen LogP) is 7.92. The van der Waals surface area contributed by atoms with Gasteiger partial charge in [-0.05, 0) is 127 Å². The molecule has 0 spiro atoms. The molecule has 0 radical (unpaired) electrons.